The van der Waals surface area contributed by atoms with E-state index in [-0.39, 0.29) is 6.10 Å². The summed E-state index contributed by atoms with van der Waals surface area (Å²) in [6, 6.07) is 7.81. The van der Waals surface area contributed by atoms with E-state index in [2.05, 4.69) is 19.2 Å². The molecule has 1 aliphatic heterocycles. The van der Waals surface area contributed by atoms with Crippen molar-refractivity contribution < 1.29 is 4.74 Å². The van der Waals surface area contributed by atoms with Crippen molar-refractivity contribution in [2.24, 2.45) is 10.4 Å². The van der Waals surface area contributed by atoms with E-state index >= 15 is 0 Å². The molecule has 3 nitrogen and oxygen atoms in total. The van der Waals surface area contributed by atoms with Gasteiger partial charge in [-0.15, -0.1) is 0 Å². The predicted molar refractivity (Wildman–Crippen MR) is 89.1 cm³/mol. The molecule has 0 fully saturated rings. The lowest BCUT2D eigenvalue weighted by molar-refractivity contribution is 0.104. The summed E-state index contributed by atoms with van der Waals surface area (Å²) in [6.45, 7) is 8.99. The van der Waals surface area contributed by atoms with Crippen LogP contribution in [-0.4, -0.2) is 25.5 Å². The van der Waals surface area contributed by atoms with Crippen LogP contribution in [0.4, 0.5) is 0 Å². The van der Waals surface area contributed by atoms with E-state index in [1.54, 1.807) is 0 Å². The Labute approximate surface area is 132 Å². The molecule has 0 saturated carbocycles. The van der Waals surface area contributed by atoms with Gasteiger partial charge in [-0.05, 0) is 37.5 Å². The Morgan fingerprint density at radius 3 is 2.38 bits per heavy atom. The number of benzene rings is 1. The lowest BCUT2D eigenvalue weighted by atomic mass is 9.81. The summed E-state index contributed by atoms with van der Waals surface area (Å²) in [7, 11) is 0. The third kappa shape index (κ3) is 3.78. The highest BCUT2D eigenvalue weighted by atomic mass is 35.5. The maximum Gasteiger partial charge on any atom is 0.139 e. The third-order valence-electron chi connectivity index (χ3n) is 4.48. The van der Waals surface area contributed by atoms with Crippen LogP contribution in [0, 0.1) is 5.41 Å². The van der Waals surface area contributed by atoms with Gasteiger partial charge in [0, 0.05) is 30.1 Å². The number of halogens is 1. The molecule has 0 aliphatic carbocycles. The predicted octanol–water partition coefficient (Wildman–Crippen LogP) is 4.23. The van der Waals surface area contributed by atoms with Crippen molar-refractivity contribution in [3.63, 3.8) is 0 Å². The van der Waals surface area contributed by atoms with Gasteiger partial charge in [-0.2, -0.15) is 0 Å². The summed E-state index contributed by atoms with van der Waals surface area (Å²) in [5.41, 5.74) is 1.38. The zero-order valence-corrected chi connectivity index (χ0v) is 13.9. The minimum Gasteiger partial charge on any atom is -0.371 e. The second kappa shape index (κ2) is 7.28. The van der Waals surface area contributed by atoms with Crippen LogP contribution in [0.25, 0.3) is 0 Å². The topological polar surface area (TPSA) is 33.6 Å². The normalized spacial score (nSPS) is 18.8. The van der Waals surface area contributed by atoms with Crippen LogP contribution in [-0.2, 0) is 4.74 Å². The smallest absolute Gasteiger partial charge is 0.139 e. The summed E-state index contributed by atoms with van der Waals surface area (Å²) >= 11 is 5.97. The van der Waals surface area contributed by atoms with Crippen molar-refractivity contribution in [3.05, 3.63) is 34.9 Å². The van der Waals surface area contributed by atoms with E-state index in [4.69, 9.17) is 21.3 Å². The minimum absolute atomic E-state index is 0.126. The van der Waals surface area contributed by atoms with Crippen molar-refractivity contribution in [2.75, 3.05) is 19.7 Å². The number of rotatable bonds is 6. The van der Waals surface area contributed by atoms with Gasteiger partial charge in [0.15, 0.2) is 0 Å². The Morgan fingerprint density at radius 1 is 1.24 bits per heavy atom. The van der Waals surface area contributed by atoms with Crippen molar-refractivity contribution in [1.29, 1.82) is 0 Å². The Morgan fingerprint density at radius 2 is 1.90 bits per heavy atom. The number of hydrogen-bond donors (Lipinski definition) is 1. The molecule has 0 bridgehead atoms. The van der Waals surface area contributed by atoms with Crippen LogP contribution in [0.15, 0.2) is 29.3 Å². The first-order valence-corrected chi connectivity index (χ1v) is 8.17. The standard InChI is InChI=1S/C17H25ClN2O/c1-4-17(5-2)11-19-16(20-12-17)15(21-6-3)13-7-9-14(18)10-8-13/h7-10,15H,4-6,11-12H2,1-3H3,(H,19,20). The van der Waals surface area contributed by atoms with Gasteiger partial charge in [0.1, 0.15) is 11.9 Å². The average Bonchev–Trinajstić information content (AvgIpc) is 2.54. The largest absolute Gasteiger partial charge is 0.371 e. The highest BCUT2D eigenvalue weighted by Crippen LogP contribution is 2.30. The molecule has 1 atom stereocenters. The highest BCUT2D eigenvalue weighted by molar-refractivity contribution is 6.30. The molecule has 0 amide bonds. The van der Waals surface area contributed by atoms with Crippen molar-refractivity contribution >= 4 is 17.4 Å². The van der Waals surface area contributed by atoms with E-state index < -0.39 is 0 Å². The first-order chi connectivity index (χ1) is 10.1. The fraction of sp³-hybridized carbons (Fsp3) is 0.588. The third-order valence-corrected chi connectivity index (χ3v) is 4.74. The number of aliphatic imine (C=N–C) groups is 1. The Hall–Kier alpha value is -1.06. The zero-order valence-electron chi connectivity index (χ0n) is 13.2. The molecular weight excluding hydrogens is 284 g/mol. The SMILES string of the molecule is CCOC(C1=NCC(CC)(CC)CN1)c1ccc(Cl)cc1. The first-order valence-electron chi connectivity index (χ1n) is 7.79. The van der Waals surface area contributed by atoms with E-state index in [1.165, 1.54) is 0 Å². The van der Waals surface area contributed by atoms with Gasteiger partial charge in [0.05, 0.1) is 0 Å². The van der Waals surface area contributed by atoms with E-state index in [1.807, 2.05) is 31.2 Å². The van der Waals surface area contributed by atoms with Gasteiger partial charge in [0.2, 0.25) is 0 Å². The van der Waals surface area contributed by atoms with Gasteiger partial charge < -0.3 is 10.1 Å². The Bertz CT molecular complexity index is 480. The zero-order chi connectivity index (χ0) is 15.3. The average molecular weight is 309 g/mol. The molecule has 0 radical (unpaired) electrons. The van der Waals surface area contributed by atoms with E-state index in [9.17, 15) is 0 Å². The summed E-state index contributed by atoms with van der Waals surface area (Å²) in [4.78, 5) is 4.79. The molecule has 1 aromatic rings. The highest BCUT2D eigenvalue weighted by Gasteiger charge is 2.32. The van der Waals surface area contributed by atoms with Gasteiger partial charge >= 0.3 is 0 Å². The molecule has 0 saturated heterocycles. The van der Waals surface area contributed by atoms with Crippen LogP contribution in [0.1, 0.15) is 45.3 Å². The molecule has 1 aliphatic rings. The maximum atomic E-state index is 5.97. The van der Waals surface area contributed by atoms with Crippen LogP contribution in [0.3, 0.4) is 0 Å². The second-order valence-corrected chi connectivity index (χ2v) is 6.09. The lowest BCUT2D eigenvalue weighted by Crippen LogP contribution is -2.46. The van der Waals surface area contributed by atoms with Crippen LogP contribution < -0.4 is 5.32 Å². The molecule has 2 rings (SSSR count). The van der Waals surface area contributed by atoms with Crippen LogP contribution in [0.5, 0.6) is 0 Å². The number of nitrogens with one attached hydrogen (secondary N) is 1. The maximum absolute atomic E-state index is 5.97. The van der Waals surface area contributed by atoms with Gasteiger partial charge in [0.25, 0.3) is 0 Å². The Balaban J connectivity index is 2.20. The molecule has 1 unspecified atom stereocenters. The van der Waals surface area contributed by atoms with Crippen LogP contribution >= 0.6 is 11.6 Å². The lowest BCUT2D eigenvalue weighted by Gasteiger charge is -2.36. The van der Waals surface area contributed by atoms with Gasteiger partial charge in [-0.3, -0.25) is 4.99 Å². The van der Waals surface area contributed by atoms with E-state index in [0.29, 0.717) is 12.0 Å². The summed E-state index contributed by atoms with van der Waals surface area (Å²) in [5, 5.41) is 4.24. The minimum atomic E-state index is -0.126. The van der Waals surface area contributed by atoms with Crippen molar-refractivity contribution in [3.8, 4) is 0 Å². The quantitative estimate of drug-likeness (QED) is 0.853. The summed E-state index contributed by atoms with van der Waals surface area (Å²) in [6.07, 6.45) is 2.17. The molecule has 116 valence electrons. The van der Waals surface area contributed by atoms with Gasteiger partial charge in [-0.25, -0.2) is 0 Å². The number of nitrogens with zero attached hydrogens (tertiary/aromatic N) is 1. The summed E-state index contributed by atoms with van der Waals surface area (Å²) < 4.78 is 5.91. The van der Waals surface area contributed by atoms with E-state index in [0.717, 1.165) is 42.4 Å². The fourth-order valence-electron chi connectivity index (χ4n) is 2.68. The molecule has 21 heavy (non-hydrogen) atoms. The molecular formula is C17H25ClN2O. The molecule has 1 heterocycles. The second-order valence-electron chi connectivity index (χ2n) is 5.65. The molecule has 0 spiro atoms. The van der Waals surface area contributed by atoms with Crippen molar-refractivity contribution in [2.45, 2.75) is 39.7 Å². The number of hydrogen-bond acceptors (Lipinski definition) is 3. The molecule has 4 heteroatoms. The molecule has 0 aromatic heterocycles. The first kappa shape index (κ1) is 16.3. The molecule has 1 aromatic carbocycles. The monoisotopic (exact) mass is 308 g/mol. The molecule has 1 N–H and O–H groups in total. The fourth-order valence-corrected chi connectivity index (χ4v) is 2.81. The number of ether oxygens (including phenoxy) is 1. The number of amidine groups is 1. The summed E-state index contributed by atoms with van der Waals surface area (Å²) in [5.74, 6) is 0.941. The van der Waals surface area contributed by atoms with Crippen LogP contribution in [0.2, 0.25) is 5.02 Å². The van der Waals surface area contributed by atoms with Crippen molar-refractivity contribution in [1.82, 2.24) is 5.32 Å². The van der Waals surface area contributed by atoms with Gasteiger partial charge in [-0.1, -0.05) is 37.6 Å². The Kier molecular flexibility index (Phi) is 5.65.